The third-order valence-corrected chi connectivity index (χ3v) is 3.57. The zero-order valence-electron chi connectivity index (χ0n) is 14.9. The van der Waals surface area contributed by atoms with E-state index < -0.39 is 0 Å². The van der Waals surface area contributed by atoms with Crippen LogP contribution in [0.1, 0.15) is 11.1 Å². The van der Waals surface area contributed by atoms with Gasteiger partial charge in [0.2, 0.25) is 0 Å². The van der Waals surface area contributed by atoms with Crippen LogP contribution in [0.3, 0.4) is 0 Å². The Morgan fingerprint density at radius 3 is 1.35 bits per heavy atom. The van der Waals surface area contributed by atoms with Gasteiger partial charge in [0.1, 0.15) is 0 Å². The van der Waals surface area contributed by atoms with Gasteiger partial charge in [-0.15, -0.1) is 0 Å². The van der Waals surface area contributed by atoms with Crippen LogP contribution < -0.4 is 0 Å². The summed E-state index contributed by atoms with van der Waals surface area (Å²) in [5, 5.41) is 20.7. The summed E-state index contributed by atoms with van der Waals surface area (Å²) in [5.41, 5.74) is 8.22. The van der Waals surface area contributed by atoms with Crippen LogP contribution in [-0.4, -0.2) is 37.6 Å². The van der Waals surface area contributed by atoms with Crippen molar-refractivity contribution < 1.29 is 19.7 Å². The fraction of sp³-hybridized carbons (Fsp3) is 0.182. The molecular formula is C22H22O4. The minimum absolute atomic E-state index is 0.0211. The summed E-state index contributed by atoms with van der Waals surface area (Å²) in [6, 6.07) is 18.2. The molecule has 2 aromatic rings. The average molecular weight is 350 g/mol. The van der Waals surface area contributed by atoms with Gasteiger partial charge in [0.25, 0.3) is 0 Å². The van der Waals surface area contributed by atoms with E-state index in [4.69, 9.17) is 9.47 Å². The normalized spacial score (nSPS) is 9.77. The summed E-state index contributed by atoms with van der Waals surface area (Å²) < 4.78 is 10.4. The second kappa shape index (κ2) is 10.1. The molecule has 0 saturated carbocycles. The number of hydrogen-bond acceptors (Lipinski definition) is 4. The van der Waals surface area contributed by atoms with Crippen molar-refractivity contribution in [1.82, 2.24) is 0 Å². The van der Waals surface area contributed by atoms with Crippen LogP contribution in [0.4, 0.5) is 0 Å². The summed E-state index contributed by atoms with van der Waals surface area (Å²) >= 11 is 0. The van der Waals surface area contributed by atoms with Crippen molar-refractivity contribution in [2.75, 3.05) is 27.4 Å². The van der Waals surface area contributed by atoms with Gasteiger partial charge in [-0.3, -0.25) is 0 Å². The average Bonchev–Trinajstić information content (AvgIpc) is 2.68. The number of aliphatic hydroxyl groups is 2. The Bertz CT molecular complexity index is 765. The molecule has 2 rings (SSSR count). The van der Waals surface area contributed by atoms with Crippen LogP contribution in [0.15, 0.2) is 83.3 Å². The lowest BCUT2D eigenvalue weighted by Crippen LogP contribution is -2.03. The standard InChI is InChI=1S/C22H22O4/c1-25-15-19(13-21(23)17-9-5-3-6-10-17)20(16-26-2)14-22(24)18-11-7-4-8-12-18/h3-12,23-24H,15-16H2,1-2H3. The van der Waals surface area contributed by atoms with Crippen molar-refractivity contribution in [3.8, 4) is 0 Å². The molecule has 0 atom stereocenters. The van der Waals surface area contributed by atoms with Crippen LogP contribution in [0.5, 0.6) is 0 Å². The van der Waals surface area contributed by atoms with Gasteiger partial charge < -0.3 is 19.7 Å². The topological polar surface area (TPSA) is 58.9 Å². The molecule has 0 aliphatic carbocycles. The van der Waals surface area contributed by atoms with E-state index in [1.54, 1.807) is 38.5 Å². The van der Waals surface area contributed by atoms with Crippen molar-refractivity contribution in [1.29, 1.82) is 0 Å². The molecule has 0 heterocycles. The van der Waals surface area contributed by atoms with Gasteiger partial charge in [-0.2, -0.15) is 0 Å². The largest absolute Gasteiger partial charge is 0.501 e. The van der Waals surface area contributed by atoms with Gasteiger partial charge >= 0.3 is 0 Å². The molecule has 0 aliphatic heterocycles. The lowest BCUT2D eigenvalue weighted by molar-refractivity contribution is 0.210. The molecular weight excluding hydrogens is 328 g/mol. The van der Waals surface area contributed by atoms with E-state index in [1.807, 2.05) is 36.4 Å². The lowest BCUT2D eigenvalue weighted by atomic mass is 10.1. The summed E-state index contributed by atoms with van der Waals surface area (Å²) in [4.78, 5) is 0. The molecule has 0 radical (unpaired) electrons. The smallest absolute Gasteiger partial charge is 0.167 e. The minimum Gasteiger partial charge on any atom is -0.501 e. The van der Waals surface area contributed by atoms with Crippen molar-refractivity contribution in [3.05, 3.63) is 94.4 Å². The first-order valence-corrected chi connectivity index (χ1v) is 8.12. The van der Waals surface area contributed by atoms with Crippen molar-refractivity contribution >= 4 is 11.5 Å². The third kappa shape index (κ3) is 5.52. The molecule has 0 spiro atoms. The van der Waals surface area contributed by atoms with Crippen molar-refractivity contribution in [3.63, 3.8) is 0 Å². The predicted octanol–water partition coefficient (Wildman–Crippen LogP) is 4.53. The first-order chi connectivity index (χ1) is 12.7. The van der Waals surface area contributed by atoms with Crippen LogP contribution in [0.25, 0.3) is 11.5 Å². The van der Waals surface area contributed by atoms with Crippen molar-refractivity contribution in [2.24, 2.45) is 0 Å². The highest BCUT2D eigenvalue weighted by atomic mass is 16.5. The van der Waals surface area contributed by atoms with Crippen LogP contribution in [0.2, 0.25) is 0 Å². The zero-order valence-corrected chi connectivity index (χ0v) is 14.9. The van der Waals surface area contributed by atoms with Gasteiger partial charge in [-0.1, -0.05) is 72.1 Å². The second-order valence-corrected chi connectivity index (χ2v) is 5.50. The van der Waals surface area contributed by atoms with Crippen LogP contribution in [-0.2, 0) is 9.47 Å². The minimum atomic E-state index is -0.0211. The number of aliphatic hydroxyl groups excluding tert-OH is 2. The monoisotopic (exact) mass is 350 g/mol. The van der Waals surface area contributed by atoms with E-state index >= 15 is 0 Å². The molecule has 0 saturated heterocycles. The van der Waals surface area contributed by atoms with E-state index in [1.165, 1.54) is 0 Å². The molecule has 0 unspecified atom stereocenters. The number of hydrogen-bond donors (Lipinski definition) is 2. The van der Waals surface area contributed by atoms with Crippen LogP contribution >= 0.6 is 0 Å². The van der Waals surface area contributed by atoms with E-state index in [9.17, 15) is 10.2 Å². The first-order valence-electron chi connectivity index (χ1n) is 8.12. The third-order valence-electron chi connectivity index (χ3n) is 3.57. The molecule has 2 N–H and O–H groups in total. The molecule has 0 fully saturated rings. The van der Waals surface area contributed by atoms with E-state index in [0.29, 0.717) is 22.3 Å². The Labute approximate surface area is 153 Å². The Kier molecular flexibility index (Phi) is 7.50. The maximum atomic E-state index is 10.4. The quantitative estimate of drug-likeness (QED) is 0.438. The molecule has 0 bridgehead atoms. The Balaban J connectivity index is 2.60. The molecule has 0 aliphatic rings. The van der Waals surface area contributed by atoms with Gasteiger partial charge in [-0.05, 0) is 0 Å². The number of methoxy groups -OCH3 is 2. The molecule has 26 heavy (non-hydrogen) atoms. The Morgan fingerprint density at radius 1 is 0.692 bits per heavy atom. The highest BCUT2D eigenvalue weighted by molar-refractivity contribution is 5.62. The summed E-state index contributed by atoms with van der Waals surface area (Å²) in [6.45, 7) is 0.370. The van der Waals surface area contributed by atoms with Gasteiger partial charge in [0.15, 0.2) is 11.5 Å². The highest BCUT2D eigenvalue weighted by Gasteiger charge is 2.08. The fourth-order valence-electron chi connectivity index (χ4n) is 2.31. The Morgan fingerprint density at radius 2 is 1.04 bits per heavy atom. The summed E-state index contributed by atoms with van der Waals surface area (Å²) in [5.74, 6) is -0.0421. The molecule has 2 aromatic carbocycles. The SMILES string of the molecule is COCC(=C=C(O)c1ccccc1)C(=C=C(O)c1ccccc1)COC. The molecule has 0 amide bonds. The fourth-order valence-corrected chi connectivity index (χ4v) is 2.31. The summed E-state index contributed by atoms with van der Waals surface area (Å²) in [7, 11) is 3.10. The molecule has 4 heteroatoms. The number of benzene rings is 2. The van der Waals surface area contributed by atoms with E-state index in [2.05, 4.69) is 11.5 Å². The van der Waals surface area contributed by atoms with E-state index in [0.717, 1.165) is 0 Å². The number of ether oxygens (including phenoxy) is 2. The first kappa shape index (κ1) is 19.3. The molecule has 0 aromatic heterocycles. The maximum Gasteiger partial charge on any atom is 0.167 e. The number of rotatable bonds is 7. The second-order valence-electron chi connectivity index (χ2n) is 5.50. The molecule has 134 valence electrons. The highest BCUT2D eigenvalue weighted by Crippen LogP contribution is 2.17. The van der Waals surface area contributed by atoms with Gasteiger partial charge in [0.05, 0.1) is 13.2 Å². The molecule has 4 nitrogen and oxygen atoms in total. The van der Waals surface area contributed by atoms with Gasteiger partial charge in [-0.25, -0.2) is 0 Å². The van der Waals surface area contributed by atoms with Crippen LogP contribution in [0, 0.1) is 0 Å². The lowest BCUT2D eigenvalue weighted by Gasteiger charge is -2.07. The van der Waals surface area contributed by atoms with Gasteiger partial charge in [0, 0.05) is 36.5 Å². The predicted molar refractivity (Wildman–Crippen MR) is 103 cm³/mol. The Hall–Kier alpha value is -3.00. The maximum absolute atomic E-state index is 10.4. The zero-order chi connectivity index (χ0) is 18.8. The van der Waals surface area contributed by atoms with E-state index in [-0.39, 0.29) is 24.7 Å². The summed E-state index contributed by atoms with van der Waals surface area (Å²) in [6.07, 6.45) is 0. The van der Waals surface area contributed by atoms with Crippen molar-refractivity contribution in [2.45, 2.75) is 0 Å².